The molecular weight excluding hydrogens is 256 g/mol. The Hall–Kier alpha value is -2.49. The molecule has 0 N–H and O–H groups in total. The molecule has 4 nitrogen and oxygen atoms in total. The van der Waals surface area contributed by atoms with Gasteiger partial charge in [0, 0.05) is 6.07 Å². The number of hydrogen-bond donors (Lipinski definition) is 0. The van der Waals surface area contributed by atoms with E-state index < -0.39 is 0 Å². The summed E-state index contributed by atoms with van der Waals surface area (Å²) >= 11 is 0. The average molecular weight is 272 g/mol. The number of carbonyl (C=O) groups excluding carboxylic acids is 1. The lowest BCUT2D eigenvalue weighted by Gasteiger charge is -2.11. The summed E-state index contributed by atoms with van der Waals surface area (Å²) in [6.45, 7) is 1.85. The topological polar surface area (TPSA) is 48.7 Å². The van der Waals surface area contributed by atoms with Crippen molar-refractivity contribution in [1.82, 2.24) is 0 Å². The second-order valence-electron chi connectivity index (χ2n) is 4.23. The zero-order valence-corrected chi connectivity index (χ0v) is 11.7. The second-order valence-corrected chi connectivity index (χ2v) is 4.23. The Morgan fingerprint density at radius 3 is 2.65 bits per heavy atom. The van der Waals surface area contributed by atoms with Crippen LogP contribution in [0.5, 0.6) is 11.5 Å². The van der Waals surface area contributed by atoms with Gasteiger partial charge in [0.15, 0.2) is 5.78 Å². The van der Waals surface area contributed by atoms with Gasteiger partial charge < -0.3 is 13.9 Å². The van der Waals surface area contributed by atoms with Crippen LogP contribution in [0.25, 0.3) is 6.08 Å². The zero-order chi connectivity index (χ0) is 14.5. The number of allylic oxidation sites excluding steroid dienone is 1. The van der Waals surface area contributed by atoms with E-state index in [0.29, 0.717) is 22.8 Å². The largest absolute Gasteiger partial charge is 0.497 e. The fourth-order valence-corrected chi connectivity index (χ4v) is 1.94. The van der Waals surface area contributed by atoms with Crippen molar-refractivity contribution in [3.05, 3.63) is 53.5 Å². The first-order valence-electron chi connectivity index (χ1n) is 6.14. The molecule has 0 saturated heterocycles. The van der Waals surface area contributed by atoms with Gasteiger partial charge in [-0.3, -0.25) is 4.79 Å². The van der Waals surface area contributed by atoms with Crippen LogP contribution in [0.4, 0.5) is 0 Å². The molecule has 20 heavy (non-hydrogen) atoms. The third kappa shape index (κ3) is 2.91. The van der Waals surface area contributed by atoms with Gasteiger partial charge in [-0.25, -0.2) is 0 Å². The molecule has 1 heterocycles. The zero-order valence-electron chi connectivity index (χ0n) is 11.7. The highest BCUT2D eigenvalue weighted by molar-refractivity contribution is 6.09. The summed E-state index contributed by atoms with van der Waals surface area (Å²) in [6.07, 6.45) is 4.66. The van der Waals surface area contributed by atoms with Crippen molar-refractivity contribution < 1.29 is 18.7 Å². The van der Waals surface area contributed by atoms with Gasteiger partial charge in [-0.1, -0.05) is 0 Å². The lowest BCUT2D eigenvalue weighted by molar-refractivity contribution is 0.104. The van der Waals surface area contributed by atoms with Crippen molar-refractivity contribution in [2.45, 2.75) is 6.92 Å². The summed E-state index contributed by atoms with van der Waals surface area (Å²) in [5, 5.41) is 0. The van der Waals surface area contributed by atoms with Crippen molar-refractivity contribution >= 4 is 11.9 Å². The molecule has 0 aliphatic carbocycles. The first-order chi connectivity index (χ1) is 9.65. The fourth-order valence-electron chi connectivity index (χ4n) is 1.94. The van der Waals surface area contributed by atoms with Crippen LogP contribution in [0.1, 0.15) is 21.7 Å². The van der Waals surface area contributed by atoms with Crippen molar-refractivity contribution in [2.75, 3.05) is 14.2 Å². The minimum absolute atomic E-state index is 0.140. The molecule has 0 radical (unpaired) electrons. The van der Waals surface area contributed by atoms with Crippen LogP contribution >= 0.6 is 0 Å². The normalized spacial score (nSPS) is 10.8. The number of furan rings is 1. The van der Waals surface area contributed by atoms with E-state index in [9.17, 15) is 4.79 Å². The van der Waals surface area contributed by atoms with E-state index in [2.05, 4.69) is 0 Å². The predicted molar refractivity (Wildman–Crippen MR) is 76.4 cm³/mol. The lowest BCUT2D eigenvalue weighted by atomic mass is 10.0. The maximum atomic E-state index is 12.3. The number of rotatable bonds is 5. The molecule has 1 aromatic heterocycles. The summed E-state index contributed by atoms with van der Waals surface area (Å²) in [6, 6.07) is 7.04. The Balaban J connectivity index is 2.34. The molecular formula is C16H16O4. The molecule has 0 unspecified atom stereocenters. The molecule has 4 heteroatoms. The van der Waals surface area contributed by atoms with Crippen LogP contribution < -0.4 is 9.47 Å². The summed E-state index contributed by atoms with van der Waals surface area (Å²) in [7, 11) is 3.10. The molecule has 104 valence electrons. The molecule has 0 fully saturated rings. The predicted octanol–water partition coefficient (Wildman–Crippen LogP) is 3.50. The van der Waals surface area contributed by atoms with Crippen LogP contribution in [-0.2, 0) is 0 Å². The van der Waals surface area contributed by atoms with Crippen LogP contribution in [0.15, 0.2) is 41.0 Å². The molecule has 0 spiro atoms. The summed E-state index contributed by atoms with van der Waals surface area (Å²) in [5.41, 5.74) is 1.33. The van der Waals surface area contributed by atoms with Gasteiger partial charge in [0.2, 0.25) is 0 Å². The molecule has 2 rings (SSSR count). The van der Waals surface area contributed by atoms with Gasteiger partial charge in [-0.2, -0.15) is 0 Å². The highest BCUT2D eigenvalue weighted by Crippen LogP contribution is 2.29. The van der Waals surface area contributed by atoms with Gasteiger partial charge in [0.05, 0.1) is 26.0 Å². The quantitative estimate of drug-likeness (QED) is 0.617. The standard InChI is InChI=1S/C16H16O4/c1-11-9-13(18-2)10-15(19-3)16(11)14(17)7-6-12-5-4-8-20-12/h4-10H,1-3H3. The highest BCUT2D eigenvalue weighted by Gasteiger charge is 2.15. The first kappa shape index (κ1) is 13.9. The Bertz CT molecular complexity index is 624. The Labute approximate surface area is 117 Å². The maximum Gasteiger partial charge on any atom is 0.189 e. The van der Waals surface area contributed by atoms with Gasteiger partial charge in [-0.05, 0) is 42.8 Å². The number of ether oxygens (including phenoxy) is 2. The third-order valence-corrected chi connectivity index (χ3v) is 2.92. The molecule has 0 saturated carbocycles. The van der Waals surface area contributed by atoms with E-state index in [1.165, 1.54) is 13.2 Å². The number of ketones is 1. The molecule has 0 atom stereocenters. The summed E-state index contributed by atoms with van der Waals surface area (Å²) in [4.78, 5) is 12.3. The SMILES string of the molecule is COc1cc(C)c(C(=O)C=Cc2ccco2)c(OC)c1. The van der Waals surface area contributed by atoms with Gasteiger partial charge in [0.1, 0.15) is 17.3 Å². The fraction of sp³-hybridized carbons (Fsp3) is 0.188. The molecule has 0 aliphatic rings. The molecule has 0 amide bonds. The van der Waals surface area contributed by atoms with Gasteiger partial charge in [0.25, 0.3) is 0 Å². The molecule has 2 aromatic rings. The van der Waals surface area contributed by atoms with E-state index in [0.717, 1.165) is 5.56 Å². The van der Waals surface area contributed by atoms with Crippen molar-refractivity contribution in [1.29, 1.82) is 0 Å². The average Bonchev–Trinajstić information content (AvgIpc) is 2.97. The van der Waals surface area contributed by atoms with Crippen molar-refractivity contribution in [2.24, 2.45) is 0 Å². The number of methoxy groups -OCH3 is 2. The summed E-state index contributed by atoms with van der Waals surface area (Å²) in [5.74, 6) is 1.64. The molecule has 1 aromatic carbocycles. The number of hydrogen-bond acceptors (Lipinski definition) is 4. The smallest absolute Gasteiger partial charge is 0.189 e. The van der Waals surface area contributed by atoms with Crippen LogP contribution in [-0.4, -0.2) is 20.0 Å². The van der Waals surface area contributed by atoms with E-state index >= 15 is 0 Å². The molecule has 0 bridgehead atoms. The Morgan fingerprint density at radius 2 is 2.05 bits per heavy atom. The third-order valence-electron chi connectivity index (χ3n) is 2.92. The number of aryl methyl sites for hydroxylation is 1. The van der Waals surface area contributed by atoms with Crippen LogP contribution in [0, 0.1) is 6.92 Å². The van der Waals surface area contributed by atoms with E-state index in [-0.39, 0.29) is 5.78 Å². The molecule has 0 aliphatic heterocycles. The van der Waals surface area contributed by atoms with Crippen LogP contribution in [0.3, 0.4) is 0 Å². The van der Waals surface area contributed by atoms with E-state index in [4.69, 9.17) is 13.9 Å². The number of benzene rings is 1. The van der Waals surface area contributed by atoms with Crippen molar-refractivity contribution in [3.63, 3.8) is 0 Å². The van der Waals surface area contributed by atoms with Crippen LogP contribution in [0.2, 0.25) is 0 Å². The lowest BCUT2D eigenvalue weighted by Crippen LogP contribution is -2.03. The Morgan fingerprint density at radius 1 is 1.25 bits per heavy atom. The first-order valence-corrected chi connectivity index (χ1v) is 6.14. The Kier molecular flexibility index (Phi) is 4.25. The van der Waals surface area contributed by atoms with Gasteiger partial charge in [-0.15, -0.1) is 0 Å². The summed E-state index contributed by atoms with van der Waals surface area (Å²) < 4.78 is 15.6. The van der Waals surface area contributed by atoms with E-state index in [1.807, 2.05) is 6.92 Å². The van der Waals surface area contributed by atoms with Crippen molar-refractivity contribution in [3.8, 4) is 11.5 Å². The monoisotopic (exact) mass is 272 g/mol. The minimum Gasteiger partial charge on any atom is -0.497 e. The number of carbonyl (C=O) groups is 1. The second kappa shape index (κ2) is 6.10. The van der Waals surface area contributed by atoms with Gasteiger partial charge >= 0.3 is 0 Å². The maximum absolute atomic E-state index is 12.3. The van der Waals surface area contributed by atoms with E-state index in [1.54, 1.807) is 43.7 Å². The highest BCUT2D eigenvalue weighted by atomic mass is 16.5. The minimum atomic E-state index is -0.140.